The Hall–Kier alpha value is -2.01. The largest absolute Gasteiger partial charge is 0.497 e. The van der Waals surface area contributed by atoms with Crippen LogP contribution in [-0.4, -0.2) is 23.6 Å². The fraction of sp³-hybridized carbons (Fsp3) is 0.231. The molecule has 0 fully saturated rings. The van der Waals surface area contributed by atoms with Crippen molar-refractivity contribution in [3.63, 3.8) is 0 Å². The van der Waals surface area contributed by atoms with E-state index in [0.29, 0.717) is 28.3 Å². The zero-order valence-electron chi connectivity index (χ0n) is 10.7. The molecular formula is C13H14ClN3O2. The third kappa shape index (κ3) is 3.48. The van der Waals surface area contributed by atoms with E-state index in [0.717, 1.165) is 6.54 Å². The molecule has 0 saturated carbocycles. The second-order valence-electron chi connectivity index (χ2n) is 3.66. The van der Waals surface area contributed by atoms with E-state index in [1.165, 1.54) is 6.20 Å². The smallest absolute Gasteiger partial charge is 0.243 e. The first-order chi connectivity index (χ1) is 9.22. The number of methoxy groups -OCH3 is 1. The maximum absolute atomic E-state index is 6.01. The van der Waals surface area contributed by atoms with E-state index in [4.69, 9.17) is 21.1 Å². The molecule has 1 heterocycles. The normalized spacial score (nSPS) is 10.1. The van der Waals surface area contributed by atoms with Gasteiger partial charge in [0.05, 0.1) is 13.3 Å². The Morgan fingerprint density at radius 3 is 2.84 bits per heavy atom. The van der Waals surface area contributed by atoms with Crippen molar-refractivity contribution in [1.29, 1.82) is 0 Å². The number of anilines is 1. The lowest BCUT2D eigenvalue weighted by Gasteiger charge is -2.09. The highest BCUT2D eigenvalue weighted by Crippen LogP contribution is 2.29. The summed E-state index contributed by atoms with van der Waals surface area (Å²) in [6.45, 7) is 2.68. The van der Waals surface area contributed by atoms with Crippen LogP contribution < -0.4 is 14.8 Å². The van der Waals surface area contributed by atoms with Gasteiger partial charge in [-0.05, 0) is 19.1 Å². The summed E-state index contributed by atoms with van der Waals surface area (Å²) in [4.78, 5) is 8.24. The van der Waals surface area contributed by atoms with E-state index >= 15 is 0 Å². The molecule has 6 heteroatoms. The van der Waals surface area contributed by atoms with Gasteiger partial charge in [-0.3, -0.25) is 0 Å². The molecule has 0 bridgehead atoms. The molecule has 5 nitrogen and oxygen atoms in total. The first kappa shape index (κ1) is 13.4. The molecule has 2 rings (SSSR count). The predicted molar refractivity (Wildman–Crippen MR) is 74.3 cm³/mol. The van der Waals surface area contributed by atoms with Crippen LogP contribution in [0.1, 0.15) is 6.92 Å². The third-order valence-electron chi connectivity index (χ3n) is 2.30. The quantitative estimate of drug-likeness (QED) is 0.909. The second-order valence-corrected chi connectivity index (χ2v) is 4.07. The number of ether oxygens (including phenoxy) is 2. The number of aromatic nitrogens is 2. The molecule has 0 aliphatic heterocycles. The second kappa shape index (κ2) is 6.24. The van der Waals surface area contributed by atoms with Gasteiger partial charge in [-0.25, -0.2) is 4.98 Å². The Morgan fingerprint density at radius 2 is 2.11 bits per heavy atom. The van der Waals surface area contributed by atoms with E-state index in [2.05, 4.69) is 15.3 Å². The SMILES string of the molecule is CCNc1ncc(Cl)c(Oc2cccc(OC)c2)n1. The maximum Gasteiger partial charge on any atom is 0.243 e. The summed E-state index contributed by atoms with van der Waals surface area (Å²) in [5, 5.41) is 3.35. The van der Waals surface area contributed by atoms with E-state index in [9.17, 15) is 0 Å². The minimum Gasteiger partial charge on any atom is -0.497 e. The Morgan fingerprint density at radius 1 is 1.32 bits per heavy atom. The van der Waals surface area contributed by atoms with Crippen LogP contribution in [0.2, 0.25) is 5.02 Å². The van der Waals surface area contributed by atoms with Crippen LogP contribution >= 0.6 is 11.6 Å². The molecule has 0 saturated heterocycles. The van der Waals surface area contributed by atoms with Crippen molar-refractivity contribution >= 4 is 17.5 Å². The van der Waals surface area contributed by atoms with Crippen LogP contribution in [0.4, 0.5) is 5.95 Å². The minimum absolute atomic E-state index is 0.306. The number of rotatable bonds is 5. The van der Waals surface area contributed by atoms with Gasteiger partial charge in [0.25, 0.3) is 0 Å². The Balaban J connectivity index is 2.23. The highest BCUT2D eigenvalue weighted by atomic mass is 35.5. The highest BCUT2D eigenvalue weighted by Gasteiger charge is 2.08. The molecule has 1 aromatic carbocycles. The lowest BCUT2D eigenvalue weighted by atomic mass is 10.3. The molecule has 2 aromatic rings. The lowest BCUT2D eigenvalue weighted by Crippen LogP contribution is -2.02. The summed E-state index contributed by atoms with van der Waals surface area (Å²) in [5.74, 6) is 2.09. The predicted octanol–water partition coefficient (Wildman–Crippen LogP) is 3.36. The van der Waals surface area contributed by atoms with Gasteiger partial charge in [-0.2, -0.15) is 4.98 Å². The standard InChI is InChI=1S/C13H14ClN3O2/c1-3-15-13-16-8-11(14)12(17-13)19-10-6-4-5-9(7-10)18-2/h4-8H,3H2,1-2H3,(H,15,16,17). The van der Waals surface area contributed by atoms with Gasteiger partial charge in [0.15, 0.2) is 0 Å². The minimum atomic E-state index is 0.306. The fourth-order valence-corrected chi connectivity index (χ4v) is 1.57. The first-order valence-electron chi connectivity index (χ1n) is 5.81. The third-order valence-corrected chi connectivity index (χ3v) is 2.56. The highest BCUT2D eigenvalue weighted by molar-refractivity contribution is 6.31. The van der Waals surface area contributed by atoms with Crippen molar-refractivity contribution in [1.82, 2.24) is 9.97 Å². The van der Waals surface area contributed by atoms with Crippen molar-refractivity contribution in [2.75, 3.05) is 19.0 Å². The number of hydrogen-bond acceptors (Lipinski definition) is 5. The number of nitrogens with one attached hydrogen (secondary N) is 1. The molecule has 0 unspecified atom stereocenters. The molecule has 0 aliphatic carbocycles. The van der Waals surface area contributed by atoms with Crippen molar-refractivity contribution in [2.24, 2.45) is 0 Å². The maximum atomic E-state index is 6.01. The molecule has 0 atom stereocenters. The van der Waals surface area contributed by atoms with Gasteiger partial charge >= 0.3 is 0 Å². The number of benzene rings is 1. The number of halogens is 1. The van der Waals surface area contributed by atoms with Gasteiger partial charge in [-0.1, -0.05) is 17.7 Å². The summed E-state index contributed by atoms with van der Waals surface area (Å²) in [7, 11) is 1.60. The molecule has 100 valence electrons. The van der Waals surface area contributed by atoms with Crippen LogP contribution in [0.5, 0.6) is 17.4 Å². The summed E-state index contributed by atoms with van der Waals surface area (Å²) < 4.78 is 10.8. The monoisotopic (exact) mass is 279 g/mol. The summed E-state index contributed by atoms with van der Waals surface area (Å²) in [6, 6.07) is 7.21. The Bertz CT molecular complexity index is 563. The van der Waals surface area contributed by atoms with Crippen molar-refractivity contribution in [2.45, 2.75) is 6.92 Å². The fourth-order valence-electron chi connectivity index (χ4n) is 1.44. The summed E-state index contributed by atoms with van der Waals surface area (Å²) in [6.07, 6.45) is 1.50. The van der Waals surface area contributed by atoms with Crippen LogP contribution in [-0.2, 0) is 0 Å². The molecule has 1 aromatic heterocycles. The average Bonchev–Trinajstić information content (AvgIpc) is 2.43. The molecule has 0 amide bonds. The van der Waals surface area contributed by atoms with Gasteiger partial charge in [0.2, 0.25) is 11.8 Å². The van der Waals surface area contributed by atoms with Crippen LogP contribution in [0.15, 0.2) is 30.5 Å². The number of nitrogens with zero attached hydrogens (tertiary/aromatic N) is 2. The van der Waals surface area contributed by atoms with Crippen molar-refractivity contribution < 1.29 is 9.47 Å². The van der Waals surface area contributed by atoms with Gasteiger partial charge in [-0.15, -0.1) is 0 Å². The van der Waals surface area contributed by atoms with Crippen LogP contribution in [0.25, 0.3) is 0 Å². The number of hydrogen-bond donors (Lipinski definition) is 1. The lowest BCUT2D eigenvalue weighted by molar-refractivity contribution is 0.407. The van der Waals surface area contributed by atoms with Gasteiger partial charge < -0.3 is 14.8 Å². The zero-order valence-corrected chi connectivity index (χ0v) is 11.4. The molecule has 0 radical (unpaired) electrons. The van der Waals surface area contributed by atoms with E-state index in [1.54, 1.807) is 19.2 Å². The molecule has 1 N–H and O–H groups in total. The molecule has 19 heavy (non-hydrogen) atoms. The van der Waals surface area contributed by atoms with E-state index in [1.807, 2.05) is 19.1 Å². The Labute approximate surface area is 116 Å². The van der Waals surface area contributed by atoms with Gasteiger partial charge in [0.1, 0.15) is 16.5 Å². The summed E-state index contributed by atoms with van der Waals surface area (Å²) in [5.41, 5.74) is 0. The summed E-state index contributed by atoms with van der Waals surface area (Å²) >= 11 is 6.01. The van der Waals surface area contributed by atoms with Crippen molar-refractivity contribution in [3.8, 4) is 17.4 Å². The Kier molecular flexibility index (Phi) is 4.41. The molecule has 0 spiro atoms. The van der Waals surface area contributed by atoms with Crippen LogP contribution in [0, 0.1) is 0 Å². The van der Waals surface area contributed by atoms with Crippen molar-refractivity contribution in [3.05, 3.63) is 35.5 Å². The van der Waals surface area contributed by atoms with Crippen LogP contribution in [0.3, 0.4) is 0 Å². The zero-order chi connectivity index (χ0) is 13.7. The molecule has 0 aliphatic rings. The van der Waals surface area contributed by atoms with E-state index in [-0.39, 0.29) is 0 Å². The topological polar surface area (TPSA) is 56.3 Å². The molecular weight excluding hydrogens is 266 g/mol. The first-order valence-corrected chi connectivity index (χ1v) is 6.19. The van der Waals surface area contributed by atoms with Gasteiger partial charge in [0, 0.05) is 12.6 Å². The van der Waals surface area contributed by atoms with E-state index < -0.39 is 0 Å². The average molecular weight is 280 g/mol.